The predicted molar refractivity (Wildman–Crippen MR) is 123 cm³/mol. The van der Waals surface area contributed by atoms with Crippen molar-refractivity contribution in [3.8, 4) is 0 Å². The first-order valence-electron chi connectivity index (χ1n) is 10.8. The van der Waals surface area contributed by atoms with Crippen LogP contribution in [-0.2, 0) is 15.8 Å². The van der Waals surface area contributed by atoms with Gasteiger partial charge in [-0.05, 0) is 12.5 Å². The van der Waals surface area contributed by atoms with E-state index >= 15 is 0 Å². The highest BCUT2D eigenvalue weighted by Gasteiger charge is 2.23. The number of hydrogen-bond donors (Lipinski definition) is 4. The van der Waals surface area contributed by atoms with E-state index in [0.717, 1.165) is 11.1 Å². The van der Waals surface area contributed by atoms with Crippen LogP contribution in [0.15, 0.2) is 24.3 Å². The van der Waals surface area contributed by atoms with Gasteiger partial charge in [-0.3, -0.25) is 24.1 Å². The number of hydrogen-bond acceptors (Lipinski definition) is 7. The molecule has 1 aliphatic heterocycles. The van der Waals surface area contributed by atoms with Crippen molar-refractivity contribution in [2.45, 2.75) is 13.1 Å². The SMILES string of the molecule is Cc1ccc(CP(O)N2CCN(CC(=O)O)CCN(CC(=O)O)CCN(C(=O)O)CC2)cc1. The standard InChI is InChI=1S/C21H33N4O7P/c1-17-2-4-18(5-3-17)16-33(32)25-12-9-23(15-20(28)29)7-6-22(14-19(26)27)8-10-24(11-13-25)21(30)31/h2-5,32H,6-16H2,1H3,(H,26,27)(H,28,29)(H,30,31). The fraction of sp³-hybridized carbons (Fsp3) is 0.571. The van der Waals surface area contributed by atoms with E-state index in [1.807, 2.05) is 35.9 Å². The summed E-state index contributed by atoms with van der Waals surface area (Å²) in [6.45, 7) is 3.66. The van der Waals surface area contributed by atoms with E-state index in [1.165, 1.54) is 4.90 Å². The molecule has 1 amide bonds. The zero-order chi connectivity index (χ0) is 24.4. The van der Waals surface area contributed by atoms with E-state index in [2.05, 4.69) is 0 Å². The van der Waals surface area contributed by atoms with Crippen LogP contribution in [0.3, 0.4) is 0 Å². The normalized spacial score (nSPS) is 18.8. The van der Waals surface area contributed by atoms with Crippen molar-refractivity contribution < 1.29 is 34.6 Å². The lowest BCUT2D eigenvalue weighted by Crippen LogP contribution is -2.47. The number of aryl methyl sites for hydroxylation is 1. The van der Waals surface area contributed by atoms with Gasteiger partial charge in [-0.25, -0.2) is 4.79 Å². The van der Waals surface area contributed by atoms with Gasteiger partial charge < -0.3 is 25.1 Å². The molecule has 1 atom stereocenters. The third-order valence-electron chi connectivity index (χ3n) is 5.48. The first kappa shape index (κ1) is 26.9. The number of aliphatic carboxylic acids is 2. The first-order chi connectivity index (χ1) is 15.6. The van der Waals surface area contributed by atoms with Crippen molar-refractivity contribution in [3.05, 3.63) is 35.4 Å². The molecule has 1 aliphatic rings. The quantitative estimate of drug-likeness (QED) is 0.411. The number of amides is 1. The number of carboxylic acid groups (broad SMARTS) is 3. The smallest absolute Gasteiger partial charge is 0.407 e. The number of carbonyl (C=O) groups is 3. The third kappa shape index (κ3) is 10.0. The maximum atomic E-state index is 11.7. The highest BCUT2D eigenvalue weighted by atomic mass is 31.2. The van der Waals surface area contributed by atoms with E-state index in [1.54, 1.807) is 9.80 Å². The molecule has 0 bridgehead atoms. The molecule has 1 unspecified atom stereocenters. The molecule has 11 nitrogen and oxygen atoms in total. The first-order valence-corrected chi connectivity index (χ1v) is 12.2. The lowest BCUT2D eigenvalue weighted by atomic mass is 10.2. The van der Waals surface area contributed by atoms with Crippen LogP contribution in [0, 0.1) is 6.92 Å². The van der Waals surface area contributed by atoms with Crippen molar-refractivity contribution in [1.29, 1.82) is 0 Å². The van der Waals surface area contributed by atoms with Crippen LogP contribution >= 0.6 is 8.30 Å². The minimum absolute atomic E-state index is 0.122. The summed E-state index contributed by atoms with van der Waals surface area (Å²) in [7, 11) is -1.60. The third-order valence-corrected chi connectivity index (χ3v) is 7.18. The van der Waals surface area contributed by atoms with E-state index in [0.29, 0.717) is 38.9 Å². The van der Waals surface area contributed by atoms with E-state index < -0.39 is 26.3 Å². The summed E-state index contributed by atoms with van der Waals surface area (Å²) in [6.07, 6.45) is -0.677. The van der Waals surface area contributed by atoms with Crippen LogP contribution in [0.1, 0.15) is 11.1 Å². The van der Waals surface area contributed by atoms with E-state index in [-0.39, 0.29) is 32.7 Å². The lowest BCUT2D eigenvalue weighted by molar-refractivity contribution is -0.140. The average Bonchev–Trinajstić information content (AvgIpc) is 2.72. The van der Waals surface area contributed by atoms with Crippen molar-refractivity contribution in [2.24, 2.45) is 0 Å². The second-order valence-electron chi connectivity index (χ2n) is 8.08. The molecular formula is C21H33N4O7P. The second-order valence-corrected chi connectivity index (χ2v) is 9.71. The van der Waals surface area contributed by atoms with Crippen LogP contribution in [0.25, 0.3) is 0 Å². The summed E-state index contributed by atoms with van der Waals surface area (Å²) in [5.41, 5.74) is 2.09. The highest BCUT2D eigenvalue weighted by Crippen LogP contribution is 2.39. The fourth-order valence-corrected chi connectivity index (χ4v) is 4.94. The molecule has 33 heavy (non-hydrogen) atoms. The highest BCUT2D eigenvalue weighted by molar-refractivity contribution is 7.48. The lowest BCUT2D eigenvalue weighted by Gasteiger charge is -2.34. The van der Waals surface area contributed by atoms with Crippen molar-refractivity contribution in [3.63, 3.8) is 0 Å². The number of rotatable bonds is 7. The van der Waals surface area contributed by atoms with Crippen LogP contribution < -0.4 is 0 Å². The van der Waals surface area contributed by atoms with E-state index in [9.17, 15) is 29.5 Å². The van der Waals surface area contributed by atoms with Gasteiger partial charge in [-0.1, -0.05) is 29.8 Å². The Morgan fingerprint density at radius 1 is 0.788 bits per heavy atom. The molecule has 0 spiro atoms. The van der Waals surface area contributed by atoms with Gasteiger partial charge in [0.25, 0.3) is 0 Å². The van der Waals surface area contributed by atoms with Gasteiger partial charge >= 0.3 is 18.0 Å². The Morgan fingerprint density at radius 2 is 1.24 bits per heavy atom. The molecule has 4 N–H and O–H groups in total. The molecule has 1 aromatic carbocycles. The maximum Gasteiger partial charge on any atom is 0.407 e. The summed E-state index contributed by atoms with van der Waals surface area (Å²) in [5.74, 6) is -2.01. The summed E-state index contributed by atoms with van der Waals surface area (Å²) >= 11 is 0. The molecule has 1 fully saturated rings. The molecular weight excluding hydrogens is 451 g/mol. The summed E-state index contributed by atoms with van der Waals surface area (Å²) in [6, 6.07) is 7.85. The van der Waals surface area contributed by atoms with Gasteiger partial charge in [0, 0.05) is 58.5 Å². The van der Waals surface area contributed by atoms with E-state index in [4.69, 9.17) is 5.11 Å². The Labute approximate surface area is 194 Å². The fourth-order valence-electron chi connectivity index (χ4n) is 3.56. The number of nitrogens with zero attached hydrogens (tertiary/aromatic N) is 4. The molecule has 184 valence electrons. The van der Waals surface area contributed by atoms with Gasteiger partial charge in [0.1, 0.15) is 8.30 Å². The monoisotopic (exact) mass is 484 g/mol. The Bertz CT molecular complexity index is 795. The largest absolute Gasteiger partial charge is 0.480 e. The van der Waals surface area contributed by atoms with Crippen molar-refractivity contribution in [1.82, 2.24) is 19.4 Å². The second kappa shape index (κ2) is 13.4. The number of benzene rings is 1. The number of carboxylic acids is 2. The van der Waals surface area contributed by atoms with Crippen LogP contribution in [0.5, 0.6) is 0 Å². The molecule has 12 heteroatoms. The van der Waals surface area contributed by atoms with Crippen LogP contribution in [0.4, 0.5) is 4.79 Å². The minimum atomic E-state index is -1.60. The van der Waals surface area contributed by atoms with Gasteiger partial charge in [0.2, 0.25) is 0 Å². The molecule has 0 saturated carbocycles. The van der Waals surface area contributed by atoms with Gasteiger partial charge in [0.05, 0.1) is 13.1 Å². The molecule has 1 aromatic rings. The zero-order valence-electron chi connectivity index (χ0n) is 18.8. The van der Waals surface area contributed by atoms with Gasteiger partial charge in [-0.15, -0.1) is 0 Å². The zero-order valence-corrected chi connectivity index (χ0v) is 19.7. The summed E-state index contributed by atoms with van der Waals surface area (Å²) in [4.78, 5) is 49.7. The van der Waals surface area contributed by atoms with Crippen molar-refractivity contribution >= 4 is 26.3 Å². The average molecular weight is 484 g/mol. The summed E-state index contributed by atoms with van der Waals surface area (Å²) in [5, 5.41) is 28.0. The predicted octanol–water partition coefficient (Wildman–Crippen LogP) is 0.868. The van der Waals surface area contributed by atoms with Gasteiger partial charge in [0.15, 0.2) is 0 Å². The van der Waals surface area contributed by atoms with Crippen LogP contribution in [0.2, 0.25) is 0 Å². The van der Waals surface area contributed by atoms with Crippen molar-refractivity contribution in [2.75, 3.05) is 65.4 Å². The Hall–Kier alpha value is -2.30. The Kier molecular flexibility index (Phi) is 11.0. The molecule has 0 aromatic heterocycles. The molecule has 0 aliphatic carbocycles. The Morgan fingerprint density at radius 3 is 1.76 bits per heavy atom. The van der Waals surface area contributed by atoms with Gasteiger partial charge in [-0.2, -0.15) is 0 Å². The summed E-state index contributed by atoms with van der Waals surface area (Å²) < 4.78 is 1.83. The van der Waals surface area contributed by atoms with Crippen LogP contribution in [-0.4, -0.2) is 123 Å². The molecule has 1 heterocycles. The molecule has 0 radical (unpaired) electrons. The maximum absolute atomic E-state index is 11.7. The molecule has 2 rings (SSSR count). The topological polar surface area (TPSA) is 145 Å². The minimum Gasteiger partial charge on any atom is -0.480 e. The Balaban J connectivity index is 2.15. The molecule has 1 saturated heterocycles.